The molecule has 3 N–H and O–H groups in total. The van der Waals surface area contributed by atoms with E-state index in [1.807, 2.05) is 60.7 Å². The minimum Gasteiger partial charge on any atom is -0.276 e. The van der Waals surface area contributed by atoms with Gasteiger partial charge in [0.15, 0.2) is 0 Å². The van der Waals surface area contributed by atoms with Crippen LogP contribution >= 0.6 is 0 Å². The summed E-state index contributed by atoms with van der Waals surface area (Å²) in [5, 5.41) is 24.4. The highest BCUT2D eigenvalue weighted by molar-refractivity contribution is 5.81. The third-order valence-corrected chi connectivity index (χ3v) is 5.08. The number of carbonyl (C=O) groups is 1. The summed E-state index contributed by atoms with van der Waals surface area (Å²) in [6.07, 6.45) is 0.999. The van der Waals surface area contributed by atoms with Crippen LogP contribution in [0.4, 0.5) is 34.4 Å². The highest BCUT2D eigenvalue weighted by atomic mass is 16.6. The van der Waals surface area contributed by atoms with Gasteiger partial charge in [0.2, 0.25) is 17.5 Å². The summed E-state index contributed by atoms with van der Waals surface area (Å²) in [5.41, 5.74) is 9.15. The molecular formula is C24H20N8O5. The number of non-ortho nitro benzene ring substituents is 1. The summed E-state index contributed by atoms with van der Waals surface area (Å²) in [4.78, 5) is 41.9. The van der Waals surface area contributed by atoms with Crippen molar-refractivity contribution in [1.29, 1.82) is 0 Å². The SMILES string of the molecule is O=C(Cc1ccc([N+](=O)[O-])cc1)NNc1ncnc(NN(c2ccccc2)c2ccccc2)c1[N+](=O)[O-]. The molecule has 0 spiro atoms. The lowest BCUT2D eigenvalue weighted by atomic mass is 10.1. The van der Waals surface area contributed by atoms with Gasteiger partial charge in [-0.2, -0.15) is 0 Å². The van der Waals surface area contributed by atoms with Crippen molar-refractivity contribution >= 4 is 40.3 Å². The van der Waals surface area contributed by atoms with E-state index in [2.05, 4.69) is 26.2 Å². The molecule has 0 unspecified atom stereocenters. The van der Waals surface area contributed by atoms with Gasteiger partial charge in [0, 0.05) is 12.1 Å². The van der Waals surface area contributed by atoms with E-state index in [9.17, 15) is 25.0 Å². The van der Waals surface area contributed by atoms with Crippen LogP contribution in [0.15, 0.2) is 91.3 Å². The second-order valence-corrected chi connectivity index (χ2v) is 7.57. The highest BCUT2D eigenvalue weighted by Crippen LogP contribution is 2.32. The van der Waals surface area contributed by atoms with E-state index in [0.717, 1.165) is 6.33 Å². The first kappa shape index (κ1) is 24.5. The van der Waals surface area contributed by atoms with E-state index in [1.54, 1.807) is 5.01 Å². The lowest BCUT2D eigenvalue weighted by Gasteiger charge is -2.26. The van der Waals surface area contributed by atoms with E-state index in [4.69, 9.17) is 0 Å². The van der Waals surface area contributed by atoms with Gasteiger partial charge in [-0.15, -0.1) is 0 Å². The van der Waals surface area contributed by atoms with Crippen molar-refractivity contribution in [2.75, 3.05) is 15.9 Å². The lowest BCUT2D eigenvalue weighted by molar-refractivity contribution is -0.384. The maximum Gasteiger partial charge on any atom is 0.356 e. The second-order valence-electron chi connectivity index (χ2n) is 7.57. The third kappa shape index (κ3) is 6.10. The minimum atomic E-state index is -0.665. The number of amides is 1. The van der Waals surface area contributed by atoms with Crippen LogP contribution in [0, 0.1) is 20.2 Å². The molecule has 13 heteroatoms. The first-order valence-corrected chi connectivity index (χ1v) is 10.9. The molecule has 37 heavy (non-hydrogen) atoms. The number of nitrogens with one attached hydrogen (secondary N) is 3. The van der Waals surface area contributed by atoms with E-state index in [-0.39, 0.29) is 23.7 Å². The number of nitro groups is 2. The van der Waals surface area contributed by atoms with Crippen molar-refractivity contribution < 1.29 is 14.6 Å². The van der Waals surface area contributed by atoms with Crippen molar-refractivity contribution in [1.82, 2.24) is 15.4 Å². The lowest BCUT2D eigenvalue weighted by Crippen LogP contribution is -2.32. The van der Waals surface area contributed by atoms with Gasteiger partial charge >= 0.3 is 5.69 Å². The van der Waals surface area contributed by atoms with Crippen LogP contribution in [0.2, 0.25) is 0 Å². The second kappa shape index (κ2) is 11.2. The maximum atomic E-state index is 12.4. The predicted molar refractivity (Wildman–Crippen MR) is 136 cm³/mol. The smallest absolute Gasteiger partial charge is 0.276 e. The number of benzene rings is 3. The van der Waals surface area contributed by atoms with Crippen molar-refractivity contribution in [2.45, 2.75) is 6.42 Å². The summed E-state index contributed by atoms with van der Waals surface area (Å²) >= 11 is 0. The predicted octanol–water partition coefficient (Wildman–Crippen LogP) is 4.14. The summed E-state index contributed by atoms with van der Waals surface area (Å²) in [7, 11) is 0. The number of carbonyl (C=O) groups excluding carboxylic acids is 1. The van der Waals surface area contributed by atoms with Gasteiger partial charge in [-0.1, -0.05) is 48.5 Å². The summed E-state index contributed by atoms with van der Waals surface area (Å²) in [6.45, 7) is 0. The van der Waals surface area contributed by atoms with E-state index >= 15 is 0 Å². The number of nitrogens with zero attached hydrogens (tertiary/aromatic N) is 5. The maximum absolute atomic E-state index is 12.4. The normalized spacial score (nSPS) is 10.3. The number of rotatable bonds is 10. The van der Waals surface area contributed by atoms with E-state index in [0.29, 0.717) is 16.9 Å². The number of aromatic nitrogens is 2. The monoisotopic (exact) mass is 500 g/mol. The summed E-state index contributed by atoms with van der Waals surface area (Å²) < 4.78 is 0. The fourth-order valence-electron chi connectivity index (χ4n) is 3.36. The largest absolute Gasteiger partial charge is 0.356 e. The summed E-state index contributed by atoms with van der Waals surface area (Å²) in [6, 6.07) is 23.8. The fourth-order valence-corrected chi connectivity index (χ4v) is 3.36. The molecular weight excluding hydrogens is 480 g/mol. The van der Waals surface area contributed by atoms with Crippen LogP contribution in [-0.4, -0.2) is 25.7 Å². The third-order valence-electron chi connectivity index (χ3n) is 5.08. The van der Waals surface area contributed by atoms with Crippen molar-refractivity contribution in [2.24, 2.45) is 0 Å². The molecule has 0 fully saturated rings. The van der Waals surface area contributed by atoms with Gasteiger partial charge in [0.05, 0.1) is 27.6 Å². The Balaban J connectivity index is 1.54. The number of nitro benzene ring substituents is 1. The molecule has 13 nitrogen and oxygen atoms in total. The Morgan fingerprint density at radius 1 is 0.784 bits per heavy atom. The van der Waals surface area contributed by atoms with Gasteiger partial charge in [0.25, 0.3) is 5.69 Å². The molecule has 4 aromatic rings. The zero-order chi connectivity index (χ0) is 26.2. The van der Waals surface area contributed by atoms with Gasteiger partial charge < -0.3 is 0 Å². The fraction of sp³-hybridized carbons (Fsp3) is 0.0417. The molecule has 4 rings (SSSR count). The summed E-state index contributed by atoms with van der Waals surface area (Å²) in [5.74, 6) is -0.882. The molecule has 0 saturated carbocycles. The number of hydrogen-bond acceptors (Lipinski definition) is 10. The van der Waals surface area contributed by atoms with Crippen molar-refractivity contribution in [3.05, 3.63) is 117 Å². The molecule has 3 aromatic carbocycles. The Kier molecular flexibility index (Phi) is 7.44. The topological polar surface area (TPSA) is 168 Å². The first-order chi connectivity index (χ1) is 17.9. The Morgan fingerprint density at radius 3 is 1.89 bits per heavy atom. The number of hydrazine groups is 2. The van der Waals surface area contributed by atoms with Crippen LogP contribution in [0.3, 0.4) is 0 Å². The molecule has 0 radical (unpaired) electrons. The number of para-hydroxylation sites is 2. The quantitative estimate of drug-likeness (QED) is 0.212. The van der Waals surface area contributed by atoms with Crippen LogP contribution in [0.25, 0.3) is 0 Å². The molecule has 1 heterocycles. The Morgan fingerprint density at radius 2 is 1.35 bits per heavy atom. The average molecular weight is 500 g/mol. The standard InChI is InChI=1S/C24H20N8O5/c33-21(15-17-11-13-20(14-12-17)31(34)35)27-28-23-22(32(36)37)24(26-16-25-23)29-30(18-7-3-1-4-8-18)19-9-5-2-6-10-19/h1-14,16H,15H2,(H,27,33)(H2,25,26,28,29). The Bertz CT molecular complexity index is 1360. The van der Waals surface area contributed by atoms with E-state index in [1.165, 1.54) is 24.3 Å². The zero-order valence-electron chi connectivity index (χ0n) is 19.1. The molecule has 186 valence electrons. The Labute approximate surface area is 210 Å². The molecule has 0 aliphatic heterocycles. The van der Waals surface area contributed by atoms with Crippen LogP contribution in [0.1, 0.15) is 5.56 Å². The van der Waals surface area contributed by atoms with Gasteiger partial charge in [-0.3, -0.25) is 46.3 Å². The molecule has 1 aromatic heterocycles. The van der Waals surface area contributed by atoms with Gasteiger partial charge in [0.1, 0.15) is 6.33 Å². The first-order valence-electron chi connectivity index (χ1n) is 10.9. The van der Waals surface area contributed by atoms with Gasteiger partial charge in [-0.25, -0.2) is 9.97 Å². The molecule has 0 aliphatic rings. The Hall–Kier alpha value is -5.59. The average Bonchev–Trinajstić information content (AvgIpc) is 2.91. The molecule has 1 amide bonds. The van der Waals surface area contributed by atoms with Crippen LogP contribution in [-0.2, 0) is 11.2 Å². The zero-order valence-corrected chi connectivity index (χ0v) is 19.1. The number of hydrogen-bond donors (Lipinski definition) is 3. The van der Waals surface area contributed by atoms with Crippen LogP contribution in [0.5, 0.6) is 0 Å². The highest BCUT2D eigenvalue weighted by Gasteiger charge is 2.25. The molecule has 0 bridgehead atoms. The molecule has 0 aliphatic carbocycles. The number of anilines is 4. The van der Waals surface area contributed by atoms with E-state index < -0.39 is 21.4 Å². The molecule has 0 atom stereocenters. The van der Waals surface area contributed by atoms with Crippen molar-refractivity contribution in [3.8, 4) is 0 Å². The minimum absolute atomic E-state index is 0.0982. The molecule has 0 saturated heterocycles. The van der Waals surface area contributed by atoms with Gasteiger partial charge in [-0.05, 0) is 29.8 Å². The van der Waals surface area contributed by atoms with Crippen molar-refractivity contribution in [3.63, 3.8) is 0 Å². The van der Waals surface area contributed by atoms with Crippen LogP contribution < -0.4 is 21.3 Å².